The quantitative estimate of drug-likeness (QED) is 0.495. The van der Waals surface area contributed by atoms with Crippen LogP contribution in [-0.4, -0.2) is 12.8 Å². The van der Waals surface area contributed by atoms with Gasteiger partial charge in [-0.25, -0.2) is 0 Å². The van der Waals surface area contributed by atoms with Crippen molar-refractivity contribution in [2.45, 2.75) is 13.8 Å². The molecule has 0 fully saturated rings. The van der Waals surface area contributed by atoms with E-state index in [9.17, 15) is 4.57 Å². The van der Waals surface area contributed by atoms with Gasteiger partial charge in [-0.2, -0.15) is 0 Å². The summed E-state index contributed by atoms with van der Waals surface area (Å²) in [7, 11) is -1.63. The molecule has 46 valence electrons. The van der Waals surface area contributed by atoms with Gasteiger partial charge in [-0.05, 0) is 6.92 Å². The third-order valence-electron chi connectivity index (χ3n) is 0.594. The number of hydrogen-bond donors (Lipinski definition) is 0. The number of hydrogen-bond acceptors (Lipinski definition) is 2. The van der Waals surface area contributed by atoms with Crippen molar-refractivity contribution in [3.05, 3.63) is 0 Å². The third-order valence-corrected chi connectivity index (χ3v) is 1.78. The van der Waals surface area contributed by atoms with Crippen LogP contribution in [-0.2, 0) is 28.6 Å². The van der Waals surface area contributed by atoms with E-state index in [2.05, 4.69) is 0 Å². The molecule has 0 aliphatic carbocycles. The predicted molar refractivity (Wildman–Crippen MR) is 31.2 cm³/mol. The zero-order valence-corrected chi connectivity index (χ0v) is 9.40. The summed E-state index contributed by atoms with van der Waals surface area (Å²) >= 11 is 0. The van der Waals surface area contributed by atoms with Gasteiger partial charge in [-0.1, -0.05) is 6.92 Å². The SMILES string of the molecule is CCO[PH](=O)CC.[Zn]. The van der Waals surface area contributed by atoms with Crippen molar-refractivity contribution >= 4 is 8.03 Å². The standard InChI is InChI=1S/C4H11O2P.Zn/c1-3-6-7(5)4-2;/h7H,3-4H2,1-2H3;. The molecule has 0 N–H and O–H groups in total. The Morgan fingerprint density at radius 3 is 2.12 bits per heavy atom. The Morgan fingerprint density at radius 1 is 1.50 bits per heavy atom. The molecule has 0 aliphatic heterocycles. The van der Waals surface area contributed by atoms with Crippen LogP contribution < -0.4 is 0 Å². The molecule has 0 aromatic heterocycles. The zero-order chi connectivity index (χ0) is 5.70. The van der Waals surface area contributed by atoms with Gasteiger partial charge in [0.25, 0.3) is 0 Å². The van der Waals surface area contributed by atoms with Crippen molar-refractivity contribution in [2.24, 2.45) is 0 Å². The Balaban J connectivity index is 0. The molecule has 4 heteroatoms. The first-order valence-corrected chi connectivity index (χ1v) is 3.99. The molecule has 8 heavy (non-hydrogen) atoms. The maximum absolute atomic E-state index is 10.4. The molecule has 0 amide bonds. The van der Waals surface area contributed by atoms with E-state index in [1.165, 1.54) is 0 Å². The first-order valence-electron chi connectivity index (χ1n) is 2.46. The molecule has 0 aromatic rings. The smallest absolute Gasteiger partial charge is 0.191 e. The molecule has 0 radical (unpaired) electrons. The van der Waals surface area contributed by atoms with Crippen molar-refractivity contribution < 1.29 is 28.6 Å². The van der Waals surface area contributed by atoms with E-state index >= 15 is 0 Å². The molecular weight excluding hydrogens is 176 g/mol. The Bertz CT molecular complexity index is 67.1. The van der Waals surface area contributed by atoms with Crippen LogP contribution in [0.5, 0.6) is 0 Å². The summed E-state index contributed by atoms with van der Waals surface area (Å²) in [5.41, 5.74) is 0. The summed E-state index contributed by atoms with van der Waals surface area (Å²) in [6, 6.07) is 0. The second-order valence-corrected chi connectivity index (χ2v) is 2.90. The van der Waals surface area contributed by atoms with Gasteiger partial charge in [0, 0.05) is 25.6 Å². The molecule has 0 saturated heterocycles. The van der Waals surface area contributed by atoms with Gasteiger partial charge in [0.2, 0.25) is 0 Å². The van der Waals surface area contributed by atoms with E-state index in [1.807, 2.05) is 13.8 Å². The van der Waals surface area contributed by atoms with Crippen LogP contribution in [0.1, 0.15) is 13.8 Å². The molecule has 0 spiro atoms. The van der Waals surface area contributed by atoms with Crippen molar-refractivity contribution in [3.8, 4) is 0 Å². The van der Waals surface area contributed by atoms with Crippen LogP contribution in [0.25, 0.3) is 0 Å². The monoisotopic (exact) mass is 186 g/mol. The minimum atomic E-state index is -1.63. The topological polar surface area (TPSA) is 26.3 Å². The van der Waals surface area contributed by atoms with Gasteiger partial charge in [-0.3, -0.25) is 4.57 Å². The van der Waals surface area contributed by atoms with E-state index < -0.39 is 8.03 Å². The fourth-order valence-corrected chi connectivity index (χ4v) is 0.789. The van der Waals surface area contributed by atoms with Crippen LogP contribution >= 0.6 is 8.03 Å². The second kappa shape index (κ2) is 7.81. The van der Waals surface area contributed by atoms with Crippen LogP contribution in [0.3, 0.4) is 0 Å². The van der Waals surface area contributed by atoms with E-state index in [0.29, 0.717) is 12.8 Å². The second-order valence-electron chi connectivity index (χ2n) is 1.16. The van der Waals surface area contributed by atoms with Crippen molar-refractivity contribution in [2.75, 3.05) is 12.8 Å². The molecule has 0 aliphatic rings. The van der Waals surface area contributed by atoms with Crippen LogP contribution in [0.15, 0.2) is 0 Å². The molecule has 1 unspecified atom stereocenters. The van der Waals surface area contributed by atoms with Gasteiger partial charge in [-0.15, -0.1) is 0 Å². The zero-order valence-electron chi connectivity index (χ0n) is 5.44. The molecular formula is C4H11O2PZn. The molecule has 0 saturated carbocycles. The van der Waals surface area contributed by atoms with Gasteiger partial charge in [0.05, 0.1) is 6.61 Å². The molecule has 0 bridgehead atoms. The van der Waals surface area contributed by atoms with E-state index in [4.69, 9.17) is 4.52 Å². The summed E-state index contributed by atoms with van der Waals surface area (Å²) in [4.78, 5) is 0. The average Bonchev–Trinajstić information content (AvgIpc) is 1.68. The minimum absolute atomic E-state index is 0. The summed E-state index contributed by atoms with van der Waals surface area (Å²) in [6.45, 7) is 4.28. The van der Waals surface area contributed by atoms with E-state index in [1.54, 1.807) is 0 Å². The van der Waals surface area contributed by atoms with Gasteiger partial charge in [0.1, 0.15) is 0 Å². The Hall–Kier alpha value is 0.813. The summed E-state index contributed by atoms with van der Waals surface area (Å²) in [5, 5.41) is 0. The summed E-state index contributed by atoms with van der Waals surface area (Å²) in [5.74, 6) is 0. The van der Waals surface area contributed by atoms with Gasteiger partial charge >= 0.3 is 0 Å². The number of rotatable bonds is 3. The molecule has 2 nitrogen and oxygen atoms in total. The van der Waals surface area contributed by atoms with Crippen molar-refractivity contribution in [1.82, 2.24) is 0 Å². The first kappa shape index (κ1) is 11.6. The van der Waals surface area contributed by atoms with Crippen molar-refractivity contribution in [3.63, 3.8) is 0 Å². The molecule has 0 aromatic carbocycles. The van der Waals surface area contributed by atoms with Gasteiger partial charge < -0.3 is 4.52 Å². The maximum atomic E-state index is 10.4. The summed E-state index contributed by atoms with van der Waals surface area (Å²) in [6.07, 6.45) is 0.665. The van der Waals surface area contributed by atoms with Gasteiger partial charge in [0.15, 0.2) is 8.03 Å². The maximum Gasteiger partial charge on any atom is 0.191 e. The average molecular weight is 187 g/mol. The summed E-state index contributed by atoms with van der Waals surface area (Å²) < 4.78 is 15.1. The Labute approximate surface area is 63.6 Å². The van der Waals surface area contributed by atoms with Crippen LogP contribution in [0, 0.1) is 0 Å². The van der Waals surface area contributed by atoms with Crippen LogP contribution in [0.2, 0.25) is 0 Å². The fourth-order valence-electron chi connectivity index (χ4n) is 0.263. The van der Waals surface area contributed by atoms with E-state index in [-0.39, 0.29) is 19.5 Å². The Morgan fingerprint density at radius 2 is 2.00 bits per heavy atom. The Kier molecular flexibility index (Phi) is 11.3. The predicted octanol–water partition coefficient (Wildman–Crippen LogP) is 1.52. The van der Waals surface area contributed by atoms with E-state index in [0.717, 1.165) is 0 Å². The fraction of sp³-hybridized carbons (Fsp3) is 1.00. The molecule has 0 heterocycles. The molecule has 0 rings (SSSR count). The largest absolute Gasteiger partial charge is 0.331 e. The normalized spacial score (nSPS) is 12.2. The first-order chi connectivity index (χ1) is 3.31. The third kappa shape index (κ3) is 6.81. The van der Waals surface area contributed by atoms with Crippen molar-refractivity contribution in [1.29, 1.82) is 0 Å². The minimum Gasteiger partial charge on any atom is -0.331 e. The van der Waals surface area contributed by atoms with Crippen LogP contribution in [0.4, 0.5) is 0 Å². The molecule has 1 atom stereocenters.